The summed E-state index contributed by atoms with van der Waals surface area (Å²) >= 11 is 0. The van der Waals surface area contributed by atoms with Crippen LogP contribution in [0.25, 0.3) is 0 Å². The molecule has 9 heteroatoms. The van der Waals surface area contributed by atoms with Crippen LogP contribution in [-0.4, -0.2) is 17.0 Å². The third-order valence-corrected chi connectivity index (χ3v) is 3.41. The molecule has 0 unspecified atom stereocenters. The maximum absolute atomic E-state index is 13.1. The van der Waals surface area contributed by atoms with Gasteiger partial charge in [0, 0.05) is 12.1 Å². The van der Waals surface area contributed by atoms with Crippen molar-refractivity contribution in [3.8, 4) is 0 Å². The quantitative estimate of drug-likeness (QED) is 0.803. The number of hydrogen-bond acceptors (Lipinski definition) is 3. The molecule has 2 N–H and O–H groups in total. The molecule has 1 aromatic heterocycles. The molecule has 0 aliphatic heterocycles. The lowest BCUT2D eigenvalue weighted by Gasteiger charge is -2.13. The van der Waals surface area contributed by atoms with Crippen LogP contribution in [0, 0.1) is 12.7 Å². The summed E-state index contributed by atoms with van der Waals surface area (Å²) in [6.45, 7) is 0.994. The minimum atomic E-state index is -4.78. The molecular weight excluding hydrogens is 346 g/mol. The average molecular weight is 359 g/mol. The number of carboxylic acid groups (broad SMARTS) is 1. The minimum Gasteiger partial charge on any atom is -0.481 e. The number of carboxylic acids is 1. The van der Waals surface area contributed by atoms with E-state index in [0.29, 0.717) is 11.6 Å². The second-order valence-corrected chi connectivity index (χ2v) is 5.27. The molecule has 1 heterocycles. The van der Waals surface area contributed by atoms with Crippen molar-refractivity contribution in [2.45, 2.75) is 26.1 Å². The molecule has 134 valence electrons. The Hall–Kier alpha value is -2.84. The number of rotatable bonds is 5. The Morgan fingerprint density at radius 1 is 1.28 bits per heavy atom. The lowest BCUT2D eigenvalue weighted by molar-refractivity contribution is -0.138. The molecular formula is C16H13F4NO4. The van der Waals surface area contributed by atoms with E-state index in [-0.39, 0.29) is 16.9 Å². The predicted octanol–water partition coefficient (Wildman–Crippen LogP) is 3.30. The van der Waals surface area contributed by atoms with Gasteiger partial charge in [-0.1, -0.05) is 6.07 Å². The summed E-state index contributed by atoms with van der Waals surface area (Å²) in [6.07, 6.45) is -4.13. The number of halogens is 4. The van der Waals surface area contributed by atoms with Gasteiger partial charge in [-0.25, -0.2) is 4.39 Å². The number of furan rings is 1. The number of benzene rings is 1. The van der Waals surface area contributed by atoms with Crippen LogP contribution in [-0.2, 0) is 23.9 Å². The van der Waals surface area contributed by atoms with E-state index in [1.54, 1.807) is 0 Å². The van der Waals surface area contributed by atoms with Gasteiger partial charge in [0.2, 0.25) is 0 Å². The number of amides is 1. The number of aryl methyl sites for hydroxylation is 1. The number of aliphatic carboxylic acids is 1. The highest BCUT2D eigenvalue weighted by atomic mass is 19.4. The Morgan fingerprint density at radius 2 is 1.96 bits per heavy atom. The maximum atomic E-state index is 13.1. The largest absolute Gasteiger partial charge is 0.481 e. The first-order valence-electron chi connectivity index (χ1n) is 7.02. The van der Waals surface area contributed by atoms with Crippen LogP contribution < -0.4 is 5.32 Å². The van der Waals surface area contributed by atoms with Gasteiger partial charge in [-0.3, -0.25) is 9.59 Å². The lowest BCUT2D eigenvalue weighted by atomic mass is 10.1. The van der Waals surface area contributed by atoms with Crippen LogP contribution in [0.4, 0.5) is 17.6 Å². The molecule has 0 spiro atoms. The van der Waals surface area contributed by atoms with E-state index < -0.39 is 42.4 Å². The summed E-state index contributed by atoms with van der Waals surface area (Å²) in [4.78, 5) is 23.0. The van der Waals surface area contributed by atoms with Crippen LogP contribution in [0.5, 0.6) is 0 Å². The number of carbonyl (C=O) groups excluding carboxylic acids is 1. The molecule has 1 aromatic carbocycles. The summed E-state index contributed by atoms with van der Waals surface area (Å²) in [7, 11) is 0. The number of carbonyl (C=O) groups is 2. The zero-order chi connectivity index (χ0) is 18.8. The second-order valence-electron chi connectivity index (χ2n) is 5.27. The normalized spacial score (nSPS) is 11.4. The van der Waals surface area contributed by atoms with Crippen molar-refractivity contribution in [3.05, 3.63) is 58.3 Å². The van der Waals surface area contributed by atoms with E-state index in [9.17, 15) is 27.2 Å². The van der Waals surface area contributed by atoms with Crippen LogP contribution in [0.2, 0.25) is 0 Å². The summed E-state index contributed by atoms with van der Waals surface area (Å²) in [6, 6.07) is 2.13. The van der Waals surface area contributed by atoms with Gasteiger partial charge in [-0.15, -0.1) is 0 Å². The first-order valence-corrected chi connectivity index (χ1v) is 7.02. The van der Waals surface area contributed by atoms with Gasteiger partial charge in [0.05, 0.1) is 17.4 Å². The average Bonchev–Trinajstić information content (AvgIpc) is 2.84. The monoisotopic (exact) mass is 359 g/mol. The number of alkyl halides is 3. The zero-order valence-electron chi connectivity index (χ0n) is 12.9. The summed E-state index contributed by atoms with van der Waals surface area (Å²) in [5.41, 5.74) is -1.20. The van der Waals surface area contributed by atoms with Crippen molar-refractivity contribution in [2.24, 2.45) is 0 Å². The van der Waals surface area contributed by atoms with Crippen LogP contribution in [0.15, 0.2) is 28.9 Å². The van der Waals surface area contributed by atoms with Gasteiger partial charge in [0.15, 0.2) is 0 Å². The maximum Gasteiger partial charge on any atom is 0.416 e. The standard InChI is InChI=1S/C16H13F4NO4/c1-8-7-25-12(5-13(22)23)14(8)15(24)21-6-9-2-3-10(17)4-11(9)16(18,19)20/h2-4,7H,5-6H2,1H3,(H,21,24)(H,22,23). The van der Waals surface area contributed by atoms with Crippen molar-refractivity contribution in [2.75, 3.05) is 0 Å². The molecule has 0 fully saturated rings. The molecule has 0 bridgehead atoms. The van der Waals surface area contributed by atoms with Gasteiger partial charge in [0.1, 0.15) is 18.0 Å². The fourth-order valence-corrected chi connectivity index (χ4v) is 2.30. The molecule has 0 aliphatic rings. The molecule has 0 aliphatic carbocycles. The first kappa shape index (κ1) is 18.5. The highest BCUT2D eigenvalue weighted by Gasteiger charge is 2.34. The molecule has 2 aromatic rings. The molecule has 0 saturated heterocycles. The van der Waals surface area contributed by atoms with Crippen LogP contribution in [0.1, 0.15) is 32.8 Å². The number of nitrogens with one attached hydrogen (secondary N) is 1. The van der Waals surface area contributed by atoms with E-state index in [4.69, 9.17) is 9.52 Å². The molecule has 0 radical (unpaired) electrons. The van der Waals surface area contributed by atoms with E-state index in [0.717, 1.165) is 12.1 Å². The molecule has 0 atom stereocenters. The van der Waals surface area contributed by atoms with E-state index in [1.165, 1.54) is 13.2 Å². The van der Waals surface area contributed by atoms with Crippen molar-refractivity contribution < 1.29 is 36.7 Å². The van der Waals surface area contributed by atoms with Crippen molar-refractivity contribution >= 4 is 11.9 Å². The molecule has 5 nitrogen and oxygen atoms in total. The second kappa shape index (κ2) is 6.96. The molecule has 25 heavy (non-hydrogen) atoms. The fraction of sp³-hybridized carbons (Fsp3) is 0.250. The zero-order valence-corrected chi connectivity index (χ0v) is 12.9. The van der Waals surface area contributed by atoms with Gasteiger partial charge in [-0.05, 0) is 24.6 Å². The highest BCUT2D eigenvalue weighted by Crippen LogP contribution is 2.32. The van der Waals surface area contributed by atoms with Crippen molar-refractivity contribution in [3.63, 3.8) is 0 Å². The Balaban J connectivity index is 2.22. The minimum absolute atomic E-state index is 0.0435. The summed E-state index contributed by atoms with van der Waals surface area (Å²) < 4.78 is 56.9. The Labute approximate surface area is 139 Å². The highest BCUT2D eigenvalue weighted by molar-refractivity contribution is 5.97. The van der Waals surface area contributed by atoms with E-state index >= 15 is 0 Å². The summed E-state index contributed by atoms with van der Waals surface area (Å²) in [5, 5.41) is 11.1. The Morgan fingerprint density at radius 3 is 2.56 bits per heavy atom. The molecule has 1 amide bonds. The van der Waals surface area contributed by atoms with E-state index in [1.807, 2.05) is 0 Å². The van der Waals surface area contributed by atoms with Crippen molar-refractivity contribution in [1.82, 2.24) is 5.32 Å². The van der Waals surface area contributed by atoms with Gasteiger partial charge < -0.3 is 14.8 Å². The summed E-state index contributed by atoms with van der Waals surface area (Å²) in [5.74, 6) is -3.14. The molecule has 0 saturated carbocycles. The smallest absolute Gasteiger partial charge is 0.416 e. The van der Waals surface area contributed by atoms with Gasteiger partial charge >= 0.3 is 12.1 Å². The Kier molecular flexibility index (Phi) is 5.15. The van der Waals surface area contributed by atoms with Gasteiger partial charge in [-0.2, -0.15) is 13.2 Å². The SMILES string of the molecule is Cc1coc(CC(=O)O)c1C(=O)NCc1ccc(F)cc1C(F)(F)F. The van der Waals surface area contributed by atoms with Crippen molar-refractivity contribution in [1.29, 1.82) is 0 Å². The third kappa shape index (κ3) is 4.37. The predicted molar refractivity (Wildman–Crippen MR) is 77.4 cm³/mol. The number of hydrogen-bond donors (Lipinski definition) is 2. The lowest BCUT2D eigenvalue weighted by Crippen LogP contribution is -2.26. The van der Waals surface area contributed by atoms with Crippen LogP contribution >= 0.6 is 0 Å². The topological polar surface area (TPSA) is 79.5 Å². The first-order chi connectivity index (χ1) is 11.6. The third-order valence-electron chi connectivity index (χ3n) is 3.41. The van der Waals surface area contributed by atoms with E-state index in [2.05, 4.69) is 5.32 Å². The molecule has 2 rings (SSSR count). The van der Waals surface area contributed by atoms with Gasteiger partial charge in [0.25, 0.3) is 5.91 Å². The van der Waals surface area contributed by atoms with Crippen LogP contribution in [0.3, 0.4) is 0 Å². The fourth-order valence-electron chi connectivity index (χ4n) is 2.30. The Bertz CT molecular complexity index is 811.